The topological polar surface area (TPSA) is 43.6 Å². The summed E-state index contributed by atoms with van der Waals surface area (Å²) in [5.41, 5.74) is 7.86. The van der Waals surface area contributed by atoms with Crippen LogP contribution in [0.1, 0.15) is 16.9 Å². The van der Waals surface area contributed by atoms with E-state index in [0.717, 1.165) is 35.2 Å². The average Bonchev–Trinajstić information content (AvgIpc) is 3.64. The molecule has 9 rings (SSSR count). The molecule has 0 bridgehead atoms. The minimum absolute atomic E-state index is 0.654. The van der Waals surface area contributed by atoms with Crippen LogP contribution in [0.5, 0.6) is 0 Å². The fourth-order valence-corrected chi connectivity index (χ4v) is 7.72. The van der Waals surface area contributed by atoms with Gasteiger partial charge in [0, 0.05) is 48.1 Å². The monoisotopic (exact) mass is 582 g/mol. The lowest BCUT2D eigenvalue weighted by Gasteiger charge is -2.11. The minimum Gasteiger partial charge on any atom is -0.309 e. The Morgan fingerprint density at radius 1 is 0.568 bits per heavy atom. The van der Waals surface area contributed by atoms with E-state index in [1.165, 1.54) is 42.3 Å². The first-order chi connectivity index (χ1) is 21.8. The van der Waals surface area contributed by atoms with Gasteiger partial charge in [-0.1, -0.05) is 97.1 Å². The van der Waals surface area contributed by atoms with Crippen LogP contribution in [0.2, 0.25) is 0 Å². The molecule has 0 amide bonds. The van der Waals surface area contributed by atoms with Crippen molar-refractivity contribution in [1.29, 1.82) is 0 Å². The summed E-state index contributed by atoms with van der Waals surface area (Å²) in [5.74, 6) is 1.98. The molecule has 44 heavy (non-hydrogen) atoms. The van der Waals surface area contributed by atoms with Crippen molar-refractivity contribution < 1.29 is 0 Å². The van der Waals surface area contributed by atoms with Gasteiger partial charge in [0.15, 0.2) is 17.5 Å². The molecule has 0 radical (unpaired) electrons. The third-order valence-corrected chi connectivity index (χ3v) is 9.67. The van der Waals surface area contributed by atoms with Crippen molar-refractivity contribution in [3.63, 3.8) is 0 Å². The lowest BCUT2D eigenvalue weighted by molar-refractivity contribution is 1.01. The normalized spacial score (nSPS) is 12.7. The molecule has 0 saturated heterocycles. The summed E-state index contributed by atoms with van der Waals surface area (Å²) in [6, 6.07) is 42.2. The van der Waals surface area contributed by atoms with Crippen LogP contribution in [0.25, 0.3) is 77.8 Å². The molecule has 0 N–H and O–H groups in total. The zero-order valence-corrected chi connectivity index (χ0v) is 24.6. The van der Waals surface area contributed by atoms with Gasteiger partial charge in [-0.05, 0) is 54.8 Å². The number of allylic oxidation sites excluding steroid dienone is 1. The van der Waals surface area contributed by atoms with Crippen LogP contribution >= 0.6 is 11.3 Å². The summed E-state index contributed by atoms with van der Waals surface area (Å²) in [5, 5.41) is 4.04. The zero-order chi connectivity index (χ0) is 29.0. The molecule has 4 nitrogen and oxygen atoms in total. The molecule has 1 aliphatic carbocycles. The van der Waals surface area contributed by atoms with E-state index in [2.05, 4.69) is 77.4 Å². The largest absolute Gasteiger partial charge is 0.309 e. The maximum absolute atomic E-state index is 4.99. The predicted molar refractivity (Wildman–Crippen MR) is 183 cm³/mol. The second-order valence-corrected chi connectivity index (χ2v) is 12.2. The number of benzene rings is 5. The summed E-state index contributed by atoms with van der Waals surface area (Å²) in [6.45, 7) is 0. The molecule has 5 heteroatoms. The van der Waals surface area contributed by atoms with Crippen LogP contribution in [0.4, 0.5) is 0 Å². The molecular formula is C39H26N4S. The summed E-state index contributed by atoms with van der Waals surface area (Å²) >= 11 is 1.91. The van der Waals surface area contributed by atoms with Crippen molar-refractivity contribution in [2.75, 3.05) is 0 Å². The van der Waals surface area contributed by atoms with Crippen LogP contribution in [0.15, 0.2) is 127 Å². The molecule has 5 aromatic carbocycles. The lowest BCUT2D eigenvalue weighted by atomic mass is 9.98. The van der Waals surface area contributed by atoms with E-state index in [4.69, 9.17) is 15.0 Å². The number of nitrogens with zero attached hydrogens (tertiary/aromatic N) is 4. The van der Waals surface area contributed by atoms with Crippen LogP contribution in [-0.4, -0.2) is 19.5 Å². The Morgan fingerprint density at radius 2 is 1.23 bits per heavy atom. The molecule has 0 unspecified atom stereocenters. The summed E-state index contributed by atoms with van der Waals surface area (Å²) in [7, 11) is 0. The number of thiophene rings is 1. The highest BCUT2D eigenvalue weighted by Gasteiger charge is 2.21. The SMILES string of the molecule is C1=Cc2sc3ccc4c(c5ccccc5n4-c4cccc(-c5nc(-c6ccccc6)nc(-c6ccccc6)n5)c4)c3c2CC1. The Hall–Kier alpha value is -5.39. The van der Waals surface area contributed by atoms with Gasteiger partial charge in [0.25, 0.3) is 0 Å². The van der Waals surface area contributed by atoms with E-state index < -0.39 is 0 Å². The van der Waals surface area contributed by atoms with Gasteiger partial charge in [-0.25, -0.2) is 15.0 Å². The first-order valence-corrected chi connectivity index (χ1v) is 15.8. The van der Waals surface area contributed by atoms with Crippen molar-refractivity contribution in [1.82, 2.24) is 19.5 Å². The molecule has 0 saturated carbocycles. The van der Waals surface area contributed by atoms with E-state index >= 15 is 0 Å². The molecule has 3 aromatic heterocycles. The lowest BCUT2D eigenvalue weighted by Crippen LogP contribution is -2.01. The van der Waals surface area contributed by atoms with Gasteiger partial charge in [-0.2, -0.15) is 0 Å². The highest BCUT2D eigenvalue weighted by Crippen LogP contribution is 2.44. The van der Waals surface area contributed by atoms with E-state index in [1.54, 1.807) is 0 Å². The fourth-order valence-electron chi connectivity index (χ4n) is 6.53. The smallest absolute Gasteiger partial charge is 0.164 e. The number of rotatable bonds is 4. The quantitative estimate of drug-likeness (QED) is 0.207. The second kappa shape index (κ2) is 10.1. The van der Waals surface area contributed by atoms with E-state index in [9.17, 15) is 0 Å². The number of para-hydroxylation sites is 1. The number of fused-ring (bicyclic) bond motifs is 7. The summed E-state index contributed by atoms with van der Waals surface area (Å²) in [4.78, 5) is 16.3. The summed E-state index contributed by atoms with van der Waals surface area (Å²) in [6.07, 6.45) is 6.79. The fraction of sp³-hybridized carbons (Fsp3) is 0.0513. The highest BCUT2D eigenvalue weighted by atomic mass is 32.1. The Morgan fingerprint density at radius 3 is 1.98 bits per heavy atom. The van der Waals surface area contributed by atoms with Crippen LogP contribution < -0.4 is 0 Å². The zero-order valence-electron chi connectivity index (χ0n) is 23.8. The van der Waals surface area contributed by atoms with E-state index in [-0.39, 0.29) is 0 Å². The van der Waals surface area contributed by atoms with E-state index in [0.29, 0.717) is 17.5 Å². The van der Waals surface area contributed by atoms with Gasteiger partial charge < -0.3 is 4.57 Å². The second-order valence-electron chi connectivity index (χ2n) is 11.2. The highest BCUT2D eigenvalue weighted by molar-refractivity contribution is 7.20. The van der Waals surface area contributed by atoms with Crippen LogP contribution in [-0.2, 0) is 6.42 Å². The van der Waals surface area contributed by atoms with Gasteiger partial charge in [0.1, 0.15) is 0 Å². The van der Waals surface area contributed by atoms with Crippen LogP contribution in [0.3, 0.4) is 0 Å². The van der Waals surface area contributed by atoms with Crippen LogP contribution in [0, 0.1) is 0 Å². The third kappa shape index (κ3) is 4.01. The Labute approximate surface area is 258 Å². The molecule has 8 aromatic rings. The van der Waals surface area contributed by atoms with Crippen molar-refractivity contribution in [3.05, 3.63) is 138 Å². The Bertz CT molecular complexity index is 2330. The first kappa shape index (κ1) is 25.1. The van der Waals surface area contributed by atoms with Crippen molar-refractivity contribution in [2.24, 2.45) is 0 Å². The first-order valence-electron chi connectivity index (χ1n) is 14.9. The molecule has 0 atom stereocenters. The van der Waals surface area contributed by atoms with Gasteiger partial charge in [-0.3, -0.25) is 0 Å². The molecule has 3 heterocycles. The van der Waals surface area contributed by atoms with Gasteiger partial charge in [0.05, 0.1) is 11.0 Å². The molecule has 208 valence electrons. The third-order valence-electron chi connectivity index (χ3n) is 8.51. The average molecular weight is 583 g/mol. The molecule has 0 fully saturated rings. The van der Waals surface area contributed by atoms with E-state index in [1.807, 2.05) is 72.0 Å². The number of hydrogen-bond acceptors (Lipinski definition) is 4. The molecule has 0 spiro atoms. The van der Waals surface area contributed by atoms with Crippen molar-refractivity contribution >= 4 is 49.3 Å². The Balaban J connectivity index is 1.27. The van der Waals surface area contributed by atoms with Crippen molar-refractivity contribution in [3.8, 4) is 39.9 Å². The van der Waals surface area contributed by atoms with Gasteiger partial charge in [0.2, 0.25) is 0 Å². The maximum Gasteiger partial charge on any atom is 0.164 e. The van der Waals surface area contributed by atoms with Gasteiger partial charge >= 0.3 is 0 Å². The van der Waals surface area contributed by atoms with Crippen molar-refractivity contribution in [2.45, 2.75) is 12.8 Å². The number of hydrogen-bond donors (Lipinski definition) is 0. The predicted octanol–water partition coefficient (Wildman–Crippen LogP) is 10.1. The standard InChI is InChI=1S/C39H26N4S/c1-3-12-25(13-4-1)37-40-38(26-14-5-2-6-15-26)42-39(41-37)27-16-11-17-28(24-27)43-31-20-9-7-18-29(31)35-32(43)22-23-34-36(35)30-19-8-10-21-33(30)44-34/h1-7,9-18,20-24H,8,19H2. The number of aromatic nitrogens is 4. The Kier molecular flexibility index (Phi) is 5.78. The van der Waals surface area contributed by atoms with Gasteiger partial charge in [-0.15, -0.1) is 11.3 Å². The summed E-state index contributed by atoms with van der Waals surface area (Å²) < 4.78 is 3.76. The molecular weight excluding hydrogens is 557 g/mol. The number of aryl methyl sites for hydroxylation is 1. The molecule has 0 aliphatic heterocycles. The molecule has 1 aliphatic rings. The minimum atomic E-state index is 0.654. The maximum atomic E-state index is 4.99.